The molecule has 0 aromatic heterocycles. The molecular formula is C10H17NO. The highest BCUT2D eigenvalue weighted by Gasteiger charge is 2.49. The molecule has 0 N–H and O–H groups in total. The lowest BCUT2D eigenvalue weighted by Crippen LogP contribution is -2.46. The Morgan fingerprint density at radius 3 is 2.58 bits per heavy atom. The van der Waals surface area contributed by atoms with Gasteiger partial charge in [-0.25, -0.2) is 0 Å². The van der Waals surface area contributed by atoms with Gasteiger partial charge in [0.15, 0.2) is 0 Å². The van der Waals surface area contributed by atoms with Crippen LogP contribution >= 0.6 is 0 Å². The Kier molecular flexibility index (Phi) is 1.76. The van der Waals surface area contributed by atoms with Crippen molar-refractivity contribution in [1.82, 2.24) is 4.90 Å². The minimum atomic E-state index is 0.359. The molecule has 1 aliphatic carbocycles. The van der Waals surface area contributed by atoms with E-state index in [1.165, 1.54) is 0 Å². The van der Waals surface area contributed by atoms with E-state index in [2.05, 4.69) is 25.7 Å². The van der Waals surface area contributed by atoms with Crippen molar-refractivity contribution >= 4 is 5.78 Å². The number of carbonyl (C=O) groups is 1. The number of rotatable bonds is 1. The molecule has 3 atom stereocenters. The molecule has 0 aromatic carbocycles. The standard InChI is InChI=1S/C10H17NO/c1-6(2)11-7(3)9-4-8(11)5-10(9)12/h6-9H,4-5H2,1-3H3/t7-,8+,9+/m1/s1. The van der Waals surface area contributed by atoms with Crippen LogP contribution in [0.2, 0.25) is 0 Å². The van der Waals surface area contributed by atoms with Gasteiger partial charge in [0, 0.05) is 30.5 Å². The van der Waals surface area contributed by atoms with E-state index in [-0.39, 0.29) is 0 Å². The summed E-state index contributed by atoms with van der Waals surface area (Å²) in [6.45, 7) is 6.64. The van der Waals surface area contributed by atoms with Crippen molar-refractivity contribution in [2.45, 2.75) is 51.7 Å². The van der Waals surface area contributed by atoms with Crippen molar-refractivity contribution < 1.29 is 4.79 Å². The average molecular weight is 167 g/mol. The Labute approximate surface area is 73.9 Å². The Morgan fingerprint density at radius 2 is 2.17 bits per heavy atom. The maximum Gasteiger partial charge on any atom is 0.139 e. The number of nitrogens with zero attached hydrogens (tertiary/aromatic N) is 1. The highest BCUT2D eigenvalue weighted by molar-refractivity contribution is 5.85. The second kappa shape index (κ2) is 2.56. The fourth-order valence-corrected chi connectivity index (χ4v) is 3.02. The molecule has 2 heteroatoms. The zero-order valence-electron chi connectivity index (χ0n) is 8.08. The van der Waals surface area contributed by atoms with Crippen LogP contribution in [0.3, 0.4) is 0 Å². The molecule has 0 spiro atoms. The monoisotopic (exact) mass is 167 g/mol. The molecule has 0 unspecified atom stereocenters. The van der Waals surface area contributed by atoms with E-state index in [4.69, 9.17) is 0 Å². The van der Waals surface area contributed by atoms with E-state index < -0.39 is 0 Å². The van der Waals surface area contributed by atoms with Gasteiger partial charge in [0.05, 0.1) is 0 Å². The minimum absolute atomic E-state index is 0.359. The van der Waals surface area contributed by atoms with Gasteiger partial charge in [-0.15, -0.1) is 0 Å². The molecule has 2 rings (SSSR count). The summed E-state index contributed by atoms with van der Waals surface area (Å²) in [7, 11) is 0. The van der Waals surface area contributed by atoms with E-state index >= 15 is 0 Å². The van der Waals surface area contributed by atoms with Crippen LogP contribution in [0.15, 0.2) is 0 Å². The highest BCUT2D eigenvalue weighted by atomic mass is 16.1. The minimum Gasteiger partial charge on any atom is -0.299 e. The molecule has 68 valence electrons. The first kappa shape index (κ1) is 8.24. The van der Waals surface area contributed by atoms with Crippen molar-refractivity contribution in [3.8, 4) is 0 Å². The third-order valence-corrected chi connectivity index (χ3v) is 3.45. The van der Waals surface area contributed by atoms with E-state index in [9.17, 15) is 4.79 Å². The number of Topliss-reactive ketones (excluding diaryl/α,β-unsaturated/α-hetero) is 1. The average Bonchev–Trinajstić information content (AvgIpc) is 2.42. The summed E-state index contributed by atoms with van der Waals surface area (Å²) in [4.78, 5) is 13.9. The lowest BCUT2D eigenvalue weighted by Gasteiger charge is -2.35. The molecule has 0 radical (unpaired) electrons. The number of fused-ring (bicyclic) bond motifs is 2. The van der Waals surface area contributed by atoms with Crippen LogP contribution < -0.4 is 0 Å². The predicted octanol–water partition coefficient (Wildman–Crippen LogP) is 1.45. The summed E-state index contributed by atoms with van der Waals surface area (Å²) in [6.07, 6.45) is 1.94. The van der Waals surface area contributed by atoms with Gasteiger partial charge in [-0.3, -0.25) is 9.69 Å². The Bertz CT molecular complexity index is 210. The topological polar surface area (TPSA) is 20.3 Å². The predicted molar refractivity (Wildman–Crippen MR) is 48.0 cm³/mol. The van der Waals surface area contributed by atoms with E-state index in [1.807, 2.05) is 0 Å². The third-order valence-electron chi connectivity index (χ3n) is 3.45. The van der Waals surface area contributed by atoms with Gasteiger partial charge in [-0.1, -0.05) is 0 Å². The van der Waals surface area contributed by atoms with Crippen molar-refractivity contribution in [2.24, 2.45) is 5.92 Å². The van der Waals surface area contributed by atoms with E-state index in [0.717, 1.165) is 12.8 Å². The molecule has 1 saturated heterocycles. The SMILES string of the molecule is CC(C)N1[C@@H]2CC(=O)[C@@H](C2)[C@H]1C. The normalized spacial score (nSPS) is 41.7. The van der Waals surface area contributed by atoms with Crippen LogP contribution in [0.25, 0.3) is 0 Å². The number of hydrogen-bond acceptors (Lipinski definition) is 2. The first-order valence-corrected chi connectivity index (χ1v) is 4.91. The summed E-state index contributed by atoms with van der Waals surface area (Å²) in [5.74, 6) is 0.863. The largest absolute Gasteiger partial charge is 0.299 e. The van der Waals surface area contributed by atoms with Gasteiger partial charge in [0.2, 0.25) is 0 Å². The molecule has 1 saturated carbocycles. The van der Waals surface area contributed by atoms with Crippen LogP contribution in [0.4, 0.5) is 0 Å². The quantitative estimate of drug-likeness (QED) is 0.589. The molecule has 0 aromatic rings. The Morgan fingerprint density at radius 1 is 1.50 bits per heavy atom. The lowest BCUT2D eigenvalue weighted by molar-refractivity contribution is -0.124. The fraction of sp³-hybridized carbons (Fsp3) is 0.900. The van der Waals surface area contributed by atoms with Crippen molar-refractivity contribution in [2.75, 3.05) is 0 Å². The van der Waals surface area contributed by atoms with E-state index in [0.29, 0.717) is 29.8 Å². The second-order valence-corrected chi connectivity index (χ2v) is 4.45. The van der Waals surface area contributed by atoms with Gasteiger partial charge in [-0.05, 0) is 27.2 Å². The Balaban J connectivity index is 2.18. The van der Waals surface area contributed by atoms with Gasteiger partial charge in [0.1, 0.15) is 5.78 Å². The second-order valence-electron chi connectivity index (χ2n) is 4.45. The maximum absolute atomic E-state index is 11.4. The first-order chi connectivity index (χ1) is 5.61. The number of likely N-dealkylation sites (tertiary alicyclic amines) is 1. The maximum atomic E-state index is 11.4. The van der Waals surface area contributed by atoms with Crippen LogP contribution in [-0.4, -0.2) is 28.8 Å². The number of hydrogen-bond donors (Lipinski definition) is 0. The molecular weight excluding hydrogens is 150 g/mol. The molecule has 1 aliphatic heterocycles. The van der Waals surface area contributed by atoms with Gasteiger partial charge < -0.3 is 0 Å². The molecule has 2 fully saturated rings. The molecule has 1 heterocycles. The first-order valence-electron chi connectivity index (χ1n) is 4.91. The fourth-order valence-electron chi connectivity index (χ4n) is 3.02. The van der Waals surface area contributed by atoms with Gasteiger partial charge >= 0.3 is 0 Å². The lowest BCUT2D eigenvalue weighted by atomic mass is 9.98. The smallest absolute Gasteiger partial charge is 0.139 e. The molecule has 2 nitrogen and oxygen atoms in total. The van der Waals surface area contributed by atoms with E-state index in [1.54, 1.807) is 0 Å². The van der Waals surface area contributed by atoms with Crippen molar-refractivity contribution in [3.05, 3.63) is 0 Å². The zero-order chi connectivity index (χ0) is 8.88. The molecule has 2 aliphatic rings. The molecule has 12 heavy (non-hydrogen) atoms. The van der Waals surface area contributed by atoms with Gasteiger partial charge in [0.25, 0.3) is 0 Å². The van der Waals surface area contributed by atoms with Crippen LogP contribution in [0.1, 0.15) is 33.6 Å². The van der Waals surface area contributed by atoms with Crippen LogP contribution in [0.5, 0.6) is 0 Å². The third kappa shape index (κ3) is 0.939. The van der Waals surface area contributed by atoms with Gasteiger partial charge in [-0.2, -0.15) is 0 Å². The molecule has 0 amide bonds. The number of ketones is 1. The summed E-state index contributed by atoms with van der Waals surface area (Å²) in [5, 5.41) is 0. The molecule has 2 bridgehead atoms. The van der Waals surface area contributed by atoms with Crippen molar-refractivity contribution in [1.29, 1.82) is 0 Å². The summed E-state index contributed by atoms with van der Waals surface area (Å²) < 4.78 is 0. The van der Waals surface area contributed by atoms with Crippen LogP contribution in [0, 0.1) is 5.92 Å². The zero-order valence-corrected chi connectivity index (χ0v) is 8.08. The summed E-state index contributed by atoms with van der Waals surface area (Å²) in [5.41, 5.74) is 0. The highest BCUT2D eigenvalue weighted by Crippen LogP contribution is 2.40. The summed E-state index contributed by atoms with van der Waals surface area (Å²) in [6, 6.07) is 1.66. The Hall–Kier alpha value is -0.370. The summed E-state index contributed by atoms with van der Waals surface area (Å²) >= 11 is 0. The van der Waals surface area contributed by atoms with Crippen LogP contribution in [-0.2, 0) is 4.79 Å². The number of carbonyl (C=O) groups excluding carboxylic acids is 1. The number of piperidine rings is 1. The van der Waals surface area contributed by atoms with Crippen molar-refractivity contribution in [3.63, 3.8) is 0 Å².